The van der Waals surface area contributed by atoms with Crippen molar-refractivity contribution in [3.8, 4) is 0 Å². The van der Waals surface area contributed by atoms with Gasteiger partial charge in [-0.3, -0.25) is 19.3 Å². The van der Waals surface area contributed by atoms with E-state index in [1.54, 1.807) is 24.3 Å². The van der Waals surface area contributed by atoms with Crippen molar-refractivity contribution in [1.82, 2.24) is 10.2 Å². The molecule has 8 nitrogen and oxygen atoms in total. The fourth-order valence-electron chi connectivity index (χ4n) is 4.53. The van der Waals surface area contributed by atoms with E-state index in [1.807, 2.05) is 19.0 Å². The molecular weight excluding hydrogens is 466 g/mol. The predicted octanol–water partition coefficient (Wildman–Crippen LogP) is 3.57. The van der Waals surface area contributed by atoms with Crippen LogP contribution >= 0.6 is 0 Å². The molecule has 1 heterocycles. The van der Waals surface area contributed by atoms with Crippen LogP contribution in [0.5, 0.6) is 0 Å². The number of nitrogens with one attached hydrogen (secondary N) is 3. The lowest BCUT2D eigenvalue weighted by atomic mass is 9.96. The molecule has 0 radical (unpaired) electrons. The summed E-state index contributed by atoms with van der Waals surface area (Å²) in [6.45, 7) is 3.36. The van der Waals surface area contributed by atoms with E-state index in [0.717, 1.165) is 30.8 Å². The summed E-state index contributed by atoms with van der Waals surface area (Å²) in [4.78, 5) is 40.9. The average molecular weight is 500 g/mol. The first-order chi connectivity index (χ1) is 17.8. The lowest BCUT2D eigenvalue weighted by Crippen LogP contribution is -2.43. The van der Waals surface area contributed by atoms with E-state index in [-0.39, 0.29) is 11.9 Å². The number of benzene rings is 3. The van der Waals surface area contributed by atoms with Crippen LogP contribution in [0, 0.1) is 0 Å². The Labute approximate surface area is 217 Å². The topological polar surface area (TPSA) is 93.8 Å². The van der Waals surface area contributed by atoms with Gasteiger partial charge in [-0.05, 0) is 59.5 Å². The zero-order valence-electron chi connectivity index (χ0n) is 21.5. The molecule has 3 aromatic rings. The maximum atomic E-state index is 12.7. The zero-order chi connectivity index (χ0) is 26.4. The summed E-state index contributed by atoms with van der Waals surface area (Å²) in [5.41, 5.74) is 5.90. The fourth-order valence-corrected chi connectivity index (χ4v) is 4.53. The first-order valence-electron chi connectivity index (χ1n) is 12.3. The molecule has 0 aliphatic carbocycles. The van der Waals surface area contributed by atoms with E-state index < -0.39 is 11.8 Å². The van der Waals surface area contributed by atoms with E-state index in [9.17, 15) is 14.4 Å². The summed E-state index contributed by atoms with van der Waals surface area (Å²) in [7, 11) is 4.00. The van der Waals surface area contributed by atoms with Crippen LogP contribution in [-0.4, -0.2) is 49.8 Å². The molecule has 8 heteroatoms. The monoisotopic (exact) mass is 499 g/mol. The van der Waals surface area contributed by atoms with Crippen LogP contribution in [0.25, 0.3) is 0 Å². The van der Waals surface area contributed by atoms with Gasteiger partial charge in [-0.1, -0.05) is 36.4 Å². The van der Waals surface area contributed by atoms with Gasteiger partial charge in [-0.25, -0.2) is 0 Å². The van der Waals surface area contributed by atoms with Crippen molar-refractivity contribution in [2.45, 2.75) is 25.9 Å². The van der Waals surface area contributed by atoms with E-state index in [1.165, 1.54) is 18.1 Å². The van der Waals surface area contributed by atoms with Crippen molar-refractivity contribution in [1.29, 1.82) is 0 Å². The second kappa shape index (κ2) is 11.7. The molecule has 4 rings (SSSR count). The summed E-state index contributed by atoms with van der Waals surface area (Å²) in [5.74, 6) is -1.62. The summed E-state index contributed by atoms with van der Waals surface area (Å²) < 4.78 is 0. The molecule has 0 saturated heterocycles. The van der Waals surface area contributed by atoms with Crippen LogP contribution in [-0.2, 0) is 27.3 Å². The van der Waals surface area contributed by atoms with Gasteiger partial charge < -0.3 is 20.9 Å². The normalized spacial score (nSPS) is 13.7. The summed E-state index contributed by atoms with van der Waals surface area (Å²) in [6.07, 6.45) is 0.936. The Kier molecular flexibility index (Phi) is 8.20. The minimum absolute atomic E-state index is 0.0849. The third kappa shape index (κ3) is 6.74. The van der Waals surface area contributed by atoms with E-state index in [4.69, 9.17) is 0 Å². The van der Waals surface area contributed by atoms with Gasteiger partial charge in [0.1, 0.15) is 0 Å². The summed E-state index contributed by atoms with van der Waals surface area (Å²) in [5, 5.41) is 8.12. The van der Waals surface area contributed by atoms with Crippen molar-refractivity contribution in [2.24, 2.45) is 0 Å². The maximum absolute atomic E-state index is 12.7. The van der Waals surface area contributed by atoms with Crippen molar-refractivity contribution in [3.63, 3.8) is 0 Å². The zero-order valence-corrected chi connectivity index (χ0v) is 21.5. The van der Waals surface area contributed by atoms with Crippen molar-refractivity contribution >= 4 is 34.8 Å². The molecule has 1 atom stereocenters. The lowest BCUT2D eigenvalue weighted by molar-refractivity contribution is -0.136. The second-order valence-corrected chi connectivity index (χ2v) is 9.41. The molecular formula is C29H33N5O3. The highest BCUT2D eigenvalue weighted by atomic mass is 16.2. The van der Waals surface area contributed by atoms with Crippen LogP contribution in [0.3, 0.4) is 0 Å². The molecule has 0 bridgehead atoms. The number of nitrogens with zero attached hydrogens (tertiary/aromatic N) is 2. The molecule has 1 aliphatic heterocycles. The SMILES string of the molecule is CC(=O)Nc1ccc(NC(=O)C(=O)NCC(c2ccc(N(C)C)cc2)N2CCc3ccccc3C2)cc1. The fraction of sp³-hybridized carbons (Fsp3) is 0.276. The largest absolute Gasteiger partial charge is 0.378 e. The van der Waals surface area contributed by atoms with Gasteiger partial charge in [-0.15, -0.1) is 0 Å². The number of fused-ring (bicyclic) bond motifs is 1. The van der Waals surface area contributed by atoms with Gasteiger partial charge in [0.05, 0.1) is 6.04 Å². The second-order valence-electron chi connectivity index (χ2n) is 9.41. The van der Waals surface area contributed by atoms with Gasteiger partial charge in [0, 0.05) is 57.7 Å². The molecule has 0 saturated carbocycles. The Morgan fingerprint density at radius 1 is 0.838 bits per heavy atom. The Bertz CT molecular complexity index is 1260. The van der Waals surface area contributed by atoms with Crippen molar-refractivity contribution < 1.29 is 14.4 Å². The predicted molar refractivity (Wildman–Crippen MR) is 146 cm³/mol. The van der Waals surface area contributed by atoms with Gasteiger partial charge in [0.15, 0.2) is 0 Å². The summed E-state index contributed by atoms with van der Waals surface area (Å²) in [6, 6.07) is 23.3. The number of carbonyl (C=O) groups excluding carboxylic acids is 3. The van der Waals surface area contributed by atoms with Gasteiger partial charge in [0.2, 0.25) is 5.91 Å². The minimum atomic E-state index is -0.738. The molecule has 3 N–H and O–H groups in total. The molecule has 3 amide bonds. The van der Waals surface area contributed by atoms with Crippen LogP contribution in [0.4, 0.5) is 17.1 Å². The van der Waals surface area contributed by atoms with Gasteiger partial charge >= 0.3 is 11.8 Å². The number of carbonyl (C=O) groups is 3. The highest BCUT2D eigenvalue weighted by molar-refractivity contribution is 6.39. The maximum Gasteiger partial charge on any atom is 0.313 e. The Morgan fingerprint density at radius 2 is 1.46 bits per heavy atom. The van der Waals surface area contributed by atoms with Crippen LogP contribution in [0.2, 0.25) is 0 Å². The number of hydrogen-bond donors (Lipinski definition) is 3. The Hall–Kier alpha value is -4.17. The smallest absolute Gasteiger partial charge is 0.313 e. The summed E-state index contributed by atoms with van der Waals surface area (Å²) >= 11 is 0. The van der Waals surface area contributed by atoms with E-state index >= 15 is 0 Å². The standard InChI is InChI=1S/C29H33N5O3/c1-20(35)31-24-10-12-25(13-11-24)32-29(37)28(36)30-18-27(22-8-14-26(15-9-22)33(2)3)34-17-16-21-6-4-5-7-23(21)19-34/h4-15,27H,16-19H2,1-3H3,(H,30,36)(H,31,35)(H,32,37). The minimum Gasteiger partial charge on any atom is -0.378 e. The molecule has 1 unspecified atom stereocenters. The van der Waals surface area contributed by atoms with E-state index in [2.05, 4.69) is 69.4 Å². The molecule has 192 valence electrons. The highest BCUT2D eigenvalue weighted by Crippen LogP contribution is 2.28. The number of rotatable bonds is 7. The molecule has 37 heavy (non-hydrogen) atoms. The Morgan fingerprint density at radius 3 is 2.08 bits per heavy atom. The molecule has 0 aromatic heterocycles. The van der Waals surface area contributed by atoms with Crippen molar-refractivity contribution in [3.05, 3.63) is 89.5 Å². The van der Waals surface area contributed by atoms with Gasteiger partial charge in [0.25, 0.3) is 0 Å². The molecule has 1 aliphatic rings. The Balaban J connectivity index is 1.44. The van der Waals surface area contributed by atoms with Crippen LogP contribution in [0.1, 0.15) is 29.7 Å². The third-order valence-corrected chi connectivity index (χ3v) is 6.52. The van der Waals surface area contributed by atoms with Crippen LogP contribution in [0.15, 0.2) is 72.8 Å². The molecule has 0 fully saturated rings. The number of hydrogen-bond acceptors (Lipinski definition) is 5. The highest BCUT2D eigenvalue weighted by Gasteiger charge is 2.26. The van der Waals surface area contributed by atoms with Gasteiger partial charge in [-0.2, -0.15) is 0 Å². The first-order valence-corrected chi connectivity index (χ1v) is 12.3. The third-order valence-electron chi connectivity index (χ3n) is 6.52. The quantitative estimate of drug-likeness (QED) is 0.432. The van der Waals surface area contributed by atoms with Crippen LogP contribution < -0.4 is 20.9 Å². The van der Waals surface area contributed by atoms with E-state index in [0.29, 0.717) is 17.9 Å². The number of anilines is 3. The molecule has 3 aromatic carbocycles. The lowest BCUT2D eigenvalue weighted by Gasteiger charge is -2.36. The number of amides is 3. The van der Waals surface area contributed by atoms with Crippen molar-refractivity contribution in [2.75, 3.05) is 42.7 Å². The molecule has 0 spiro atoms. The average Bonchev–Trinajstić information content (AvgIpc) is 2.89. The first kappa shape index (κ1) is 25.9.